The highest BCUT2D eigenvalue weighted by atomic mass is 16.3. The van der Waals surface area contributed by atoms with Gasteiger partial charge in [0.05, 0.1) is 5.52 Å². The molecule has 0 bridgehead atoms. The van der Waals surface area contributed by atoms with Gasteiger partial charge in [-0.2, -0.15) is 0 Å². The van der Waals surface area contributed by atoms with Gasteiger partial charge in [-0.25, -0.2) is 4.68 Å². The number of rotatable bonds is 8. The first kappa shape index (κ1) is 25.2. The molecule has 0 fully saturated rings. The van der Waals surface area contributed by atoms with Gasteiger partial charge in [0.2, 0.25) is 5.91 Å². The number of furan rings is 1. The second kappa shape index (κ2) is 9.97. The number of fused-ring (bicyclic) bond motifs is 1. The highest BCUT2D eigenvalue weighted by Gasteiger charge is 2.38. The Morgan fingerprint density at radius 1 is 1.06 bits per heavy atom. The third kappa shape index (κ3) is 5.03. The Bertz CT molecular complexity index is 1400. The van der Waals surface area contributed by atoms with Crippen molar-refractivity contribution in [3.8, 4) is 0 Å². The fraction of sp³-hybridized carbons (Fsp3) is 0.357. The number of nitrogens with one attached hydrogen (secondary N) is 1. The lowest BCUT2D eigenvalue weighted by molar-refractivity contribution is -0.128. The molecule has 0 saturated carbocycles. The maximum atomic E-state index is 14.1. The monoisotopic (exact) mass is 487 g/mol. The van der Waals surface area contributed by atoms with Crippen LogP contribution >= 0.6 is 0 Å². The molecule has 36 heavy (non-hydrogen) atoms. The molecule has 8 nitrogen and oxygen atoms in total. The summed E-state index contributed by atoms with van der Waals surface area (Å²) in [6.45, 7) is 11.6. The van der Waals surface area contributed by atoms with Crippen LogP contribution in [-0.4, -0.2) is 32.3 Å². The van der Waals surface area contributed by atoms with Crippen molar-refractivity contribution < 1.29 is 14.0 Å². The first-order valence-electron chi connectivity index (χ1n) is 12.2. The maximum absolute atomic E-state index is 14.1. The van der Waals surface area contributed by atoms with E-state index < -0.39 is 11.6 Å². The van der Waals surface area contributed by atoms with E-state index in [1.807, 2.05) is 84.0 Å². The van der Waals surface area contributed by atoms with Gasteiger partial charge in [0, 0.05) is 11.2 Å². The van der Waals surface area contributed by atoms with Crippen LogP contribution in [0.3, 0.4) is 0 Å². The van der Waals surface area contributed by atoms with Crippen LogP contribution in [-0.2, 0) is 16.1 Å². The van der Waals surface area contributed by atoms with E-state index in [2.05, 4.69) is 15.6 Å². The number of carbonyl (C=O) groups is 2. The summed E-state index contributed by atoms with van der Waals surface area (Å²) in [5.74, 6) is 0.444. The third-order valence-corrected chi connectivity index (χ3v) is 6.69. The highest BCUT2D eigenvalue weighted by Crippen LogP contribution is 2.33. The SMILES string of the molecule is CCC(C)(C)NC(=O)[C@@H](c1ccc(C)o1)N(C(=O)Cn1nnc2ccccc21)c1cccc(C)c1C. The summed E-state index contributed by atoms with van der Waals surface area (Å²) < 4.78 is 7.52. The van der Waals surface area contributed by atoms with Crippen LogP contribution in [0, 0.1) is 20.8 Å². The summed E-state index contributed by atoms with van der Waals surface area (Å²) in [5.41, 5.74) is 3.55. The lowest BCUT2D eigenvalue weighted by Crippen LogP contribution is -2.51. The molecule has 4 aromatic rings. The second-order valence-electron chi connectivity index (χ2n) is 9.80. The summed E-state index contributed by atoms with van der Waals surface area (Å²) in [6.07, 6.45) is 0.727. The second-order valence-corrected chi connectivity index (χ2v) is 9.80. The molecular formula is C28H33N5O3. The zero-order chi connectivity index (χ0) is 26.0. The van der Waals surface area contributed by atoms with Gasteiger partial charge in [-0.05, 0) is 82.5 Å². The number of para-hydroxylation sites is 1. The van der Waals surface area contributed by atoms with E-state index in [4.69, 9.17) is 4.42 Å². The van der Waals surface area contributed by atoms with Crippen molar-refractivity contribution in [2.24, 2.45) is 0 Å². The molecule has 2 amide bonds. The summed E-state index contributed by atoms with van der Waals surface area (Å²) in [6, 6.07) is 15.8. The molecule has 8 heteroatoms. The molecule has 188 valence electrons. The number of benzene rings is 2. The number of aromatic nitrogens is 3. The number of aryl methyl sites for hydroxylation is 2. The molecule has 0 aliphatic carbocycles. The minimum Gasteiger partial charge on any atom is -0.464 e. The van der Waals surface area contributed by atoms with Gasteiger partial charge < -0.3 is 9.73 Å². The smallest absolute Gasteiger partial charge is 0.251 e. The lowest BCUT2D eigenvalue weighted by Gasteiger charge is -2.34. The highest BCUT2D eigenvalue weighted by molar-refractivity contribution is 6.02. The maximum Gasteiger partial charge on any atom is 0.251 e. The Kier molecular flexibility index (Phi) is 6.97. The number of nitrogens with zero attached hydrogens (tertiary/aromatic N) is 4. The minimum atomic E-state index is -1.01. The van der Waals surface area contributed by atoms with E-state index in [-0.39, 0.29) is 18.4 Å². The summed E-state index contributed by atoms with van der Waals surface area (Å²) in [7, 11) is 0. The molecule has 2 heterocycles. The van der Waals surface area contributed by atoms with Crippen molar-refractivity contribution in [1.29, 1.82) is 0 Å². The molecule has 2 aromatic carbocycles. The average molecular weight is 488 g/mol. The molecule has 2 aromatic heterocycles. The molecule has 0 unspecified atom stereocenters. The van der Waals surface area contributed by atoms with E-state index >= 15 is 0 Å². The molecule has 0 aliphatic rings. The van der Waals surface area contributed by atoms with E-state index in [1.165, 1.54) is 4.90 Å². The van der Waals surface area contributed by atoms with Crippen molar-refractivity contribution in [1.82, 2.24) is 20.3 Å². The van der Waals surface area contributed by atoms with Gasteiger partial charge in [0.25, 0.3) is 5.91 Å². The number of hydrogen-bond donors (Lipinski definition) is 1. The first-order valence-corrected chi connectivity index (χ1v) is 12.2. The van der Waals surface area contributed by atoms with Gasteiger partial charge in [-0.3, -0.25) is 14.5 Å². The Labute approximate surface area is 211 Å². The molecule has 1 atom stereocenters. The Hall–Kier alpha value is -3.94. The predicted octanol–water partition coefficient (Wildman–Crippen LogP) is 5.03. The van der Waals surface area contributed by atoms with Gasteiger partial charge in [0.1, 0.15) is 23.6 Å². The Morgan fingerprint density at radius 3 is 2.50 bits per heavy atom. The van der Waals surface area contributed by atoms with Crippen molar-refractivity contribution in [3.63, 3.8) is 0 Å². The number of hydrogen-bond acceptors (Lipinski definition) is 5. The van der Waals surface area contributed by atoms with Gasteiger partial charge >= 0.3 is 0 Å². The van der Waals surface area contributed by atoms with Crippen molar-refractivity contribution >= 4 is 28.5 Å². The summed E-state index contributed by atoms with van der Waals surface area (Å²) in [4.78, 5) is 29.5. The first-order chi connectivity index (χ1) is 17.1. The molecule has 0 radical (unpaired) electrons. The largest absolute Gasteiger partial charge is 0.464 e. The van der Waals surface area contributed by atoms with Crippen LogP contribution in [0.1, 0.15) is 55.9 Å². The molecule has 0 aliphatic heterocycles. The molecular weight excluding hydrogens is 454 g/mol. The number of carbonyl (C=O) groups excluding carboxylic acids is 2. The Morgan fingerprint density at radius 2 is 1.81 bits per heavy atom. The Balaban J connectivity index is 1.84. The predicted molar refractivity (Wildman–Crippen MR) is 140 cm³/mol. The van der Waals surface area contributed by atoms with Crippen LogP contribution in [0.4, 0.5) is 5.69 Å². The van der Waals surface area contributed by atoms with Crippen LogP contribution < -0.4 is 10.2 Å². The van der Waals surface area contributed by atoms with Crippen molar-refractivity contribution in [2.75, 3.05) is 4.90 Å². The zero-order valence-corrected chi connectivity index (χ0v) is 21.7. The number of amides is 2. The third-order valence-electron chi connectivity index (χ3n) is 6.69. The van der Waals surface area contributed by atoms with Crippen LogP contribution in [0.2, 0.25) is 0 Å². The van der Waals surface area contributed by atoms with Crippen LogP contribution in [0.25, 0.3) is 11.0 Å². The van der Waals surface area contributed by atoms with Gasteiger partial charge in [0.15, 0.2) is 6.04 Å². The van der Waals surface area contributed by atoms with Gasteiger partial charge in [-0.1, -0.05) is 36.4 Å². The lowest BCUT2D eigenvalue weighted by atomic mass is 9.99. The molecule has 0 spiro atoms. The topological polar surface area (TPSA) is 93.3 Å². The van der Waals surface area contributed by atoms with Crippen molar-refractivity contribution in [3.05, 3.63) is 77.2 Å². The fourth-order valence-electron chi connectivity index (χ4n) is 4.12. The molecule has 4 rings (SSSR count). The molecule has 0 saturated heterocycles. The van der Waals surface area contributed by atoms with E-state index in [0.717, 1.165) is 23.1 Å². The summed E-state index contributed by atoms with van der Waals surface area (Å²) >= 11 is 0. The average Bonchev–Trinajstić information content (AvgIpc) is 3.45. The number of anilines is 1. The quantitative estimate of drug-likeness (QED) is 0.376. The van der Waals surface area contributed by atoms with E-state index in [0.29, 0.717) is 22.7 Å². The van der Waals surface area contributed by atoms with E-state index in [9.17, 15) is 9.59 Å². The minimum absolute atomic E-state index is 0.0888. The van der Waals surface area contributed by atoms with E-state index in [1.54, 1.807) is 16.8 Å². The zero-order valence-electron chi connectivity index (χ0n) is 21.7. The summed E-state index contributed by atoms with van der Waals surface area (Å²) in [5, 5.41) is 11.5. The van der Waals surface area contributed by atoms with Crippen molar-refractivity contribution in [2.45, 2.75) is 66.1 Å². The fourth-order valence-corrected chi connectivity index (χ4v) is 4.12. The van der Waals surface area contributed by atoms with Crippen LogP contribution in [0.15, 0.2) is 59.0 Å². The normalized spacial score (nSPS) is 12.5. The molecule has 1 N–H and O–H groups in total. The van der Waals surface area contributed by atoms with Crippen LogP contribution in [0.5, 0.6) is 0 Å². The van der Waals surface area contributed by atoms with Gasteiger partial charge in [-0.15, -0.1) is 5.10 Å². The standard InChI is InChI=1S/C28H33N5O3/c1-7-28(5,6)29-27(35)26(24-16-15-19(3)36-24)33(22-14-10-11-18(2)20(22)4)25(34)17-32-23-13-9-8-12-21(23)30-31-32/h8-16,26H,7,17H2,1-6H3,(H,29,35)/t26-/m1/s1.